The minimum atomic E-state index is -0.0604. The molecule has 1 aromatic rings. The number of carbonyl (C=O) groups excluding carboxylic acids is 1. The summed E-state index contributed by atoms with van der Waals surface area (Å²) in [5.74, 6) is 2.32. The molecule has 0 saturated carbocycles. The van der Waals surface area contributed by atoms with Gasteiger partial charge < -0.3 is 18.9 Å². The Labute approximate surface area is 195 Å². The van der Waals surface area contributed by atoms with Crippen molar-refractivity contribution >= 4 is 21.9 Å². The zero-order chi connectivity index (χ0) is 23.0. The molecule has 2 rings (SSSR count). The first-order valence-corrected chi connectivity index (χ1v) is 12.2. The topological polar surface area (TPSA) is 66.9 Å². The molecule has 1 fully saturated rings. The van der Waals surface area contributed by atoms with Crippen LogP contribution in [0, 0.1) is 23.7 Å². The van der Waals surface area contributed by atoms with Gasteiger partial charge in [0.1, 0.15) is 6.10 Å². The van der Waals surface area contributed by atoms with Gasteiger partial charge >= 0.3 is 5.97 Å². The number of alkyl halides is 1. The van der Waals surface area contributed by atoms with Gasteiger partial charge in [0.05, 0.1) is 24.5 Å². The van der Waals surface area contributed by atoms with Crippen LogP contribution in [-0.2, 0) is 20.7 Å². The van der Waals surface area contributed by atoms with Gasteiger partial charge in [0, 0.05) is 26.3 Å². The normalized spacial score (nSPS) is 20.7. The first-order chi connectivity index (χ1) is 14.8. The van der Waals surface area contributed by atoms with Crippen molar-refractivity contribution in [3.63, 3.8) is 0 Å². The highest BCUT2D eigenvalue weighted by atomic mass is 79.9. The molecule has 0 radical (unpaired) electrons. The van der Waals surface area contributed by atoms with E-state index in [0.29, 0.717) is 42.6 Å². The number of esters is 1. The van der Waals surface area contributed by atoms with Crippen LogP contribution in [-0.4, -0.2) is 49.3 Å². The molecule has 1 aliphatic rings. The van der Waals surface area contributed by atoms with Crippen molar-refractivity contribution in [1.29, 1.82) is 0 Å². The summed E-state index contributed by atoms with van der Waals surface area (Å²) >= 11 is 3.83. The van der Waals surface area contributed by atoms with Gasteiger partial charge in [0.2, 0.25) is 0 Å². The standard InChI is InChI=1S/C24H38BrNO5/c1-15(2)18(12-20(25)21-13-19(16(3)4)24(27)31-21)10-17-11-22(23(29-6)26-14-17)30-9-7-8-28-5/h11,14-16,18-21H,7-10,12-13H2,1-6H3/t18-,19-,20+,21-/m0/s1. The summed E-state index contributed by atoms with van der Waals surface area (Å²) in [4.78, 5) is 16.8. The third-order valence-corrected chi connectivity index (χ3v) is 7.02. The van der Waals surface area contributed by atoms with Crippen LogP contribution < -0.4 is 9.47 Å². The second-order valence-corrected chi connectivity index (χ2v) is 10.2. The van der Waals surface area contributed by atoms with E-state index in [9.17, 15) is 4.79 Å². The first-order valence-electron chi connectivity index (χ1n) is 11.3. The number of carbonyl (C=O) groups is 1. The maximum absolute atomic E-state index is 12.2. The fourth-order valence-corrected chi connectivity index (χ4v) is 4.76. The Morgan fingerprint density at radius 2 is 1.97 bits per heavy atom. The minimum absolute atomic E-state index is 0.00570. The van der Waals surface area contributed by atoms with Crippen LogP contribution in [0.3, 0.4) is 0 Å². The molecule has 1 aliphatic heterocycles. The van der Waals surface area contributed by atoms with Crippen LogP contribution >= 0.6 is 15.9 Å². The molecular weight excluding hydrogens is 462 g/mol. The highest BCUT2D eigenvalue weighted by Crippen LogP contribution is 2.36. The van der Waals surface area contributed by atoms with E-state index in [0.717, 1.165) is 31.2 Å². The van der Waals surface area contributed by atoms with Crippen LogP contribution in [0.2, 0.25) is 0 Å². The van der Waals surface area contributed by atoms with Crippen LogP contribution in [0.15, 0.2) is 12.3 Å². The lowest BCUT2D eigenvalue weighted by Crippen LogP contribution is -2.26. The maximum atomic E-state index is 12.2. The molecule has 1 saturated heterocycles. The predicted molar refractivity (Wildman–Crippen MR) is 125 cm³/mol. The van der Waals surface area contributed by atoms with Gasteiger partial charge in [-0.05, 0) is 48.6 Å². The molecule has 2 heterocycles. The molecule has 0 bridgehead atoms. The van der Waals surface area contributed by atoms with E-state index in [-0.39, 0.29) is 22.8 Å². The molecule has 7 heteroatoms. The summed E-state index contributed by atoms with van der Waals surface area (Å²) in [6, 6.07) is 2.03. The number of cyclic esters (lactones) is 1. The fraction of sp³-hybridized carbons (Fsp3) is 0.750. The molecular formula is C24H38BrNO5. The lowest BCUT2D eigenvalue weighted by Gasteiger charge is -2.26. The first kappa shape index (κ1) is 25.9. The number of hydrogen-bond acceptors (Lipinski definition) is 6. The van der Waals surface area contributed by atoms with Crippen molar-refractivity contribution in [1.82, 2.24) is 4.98 Å². The number of halogens is 1. The van der Waals surface area contributed by atoms with Crippen molar-refractivity contribution < 1.29 is 23.7 Å². The SMILES string of the molecule is COCCCOc1cc(C[C@@H](C[C@@H](Br)[C@@H]2C[C@@H](C(C)C)C(=O)O2)C(C)C)cnc1OC. The molecule has 176 valence electrons. The van der Waals surface area contributed by atoms with E-state index in [2.05, 4.69) is 48.6 Å². The van der Waals surface area contributed by atoms with Gasteiger partial charge in [-0.1, -0.05) is 43.6 Å². The average molecular weight is 500 g/mol. The van der Waals surface area contributed by atoms with Crippen molar-refractivity contribution in [3.05, 3.63) is 17.8 Å². The molecule has 0 amide bonds. The molecule has 6 nitrogen and oxygen atoms in total. The van der Waals surface area contributed by atoms with Gasteiger partial charge in [0.25, 0.3) is 5.88 Å². The van der Waals surface area contributed by atoms with Gasteiger partial charge in [-0.25, -0.2) is 4.98 Å². The van der Waals surface area contributed by atoms with Crippen molar-refractivity contribution in [2.75, 3.05) is 27.4 Å². The Hall–Kier alpha value is -1.34. The maximum Gasteiger partial charge on any atom is 0.309 e. The Bertz CT molecular complexity index is 697. The summed E-state index contributed by atoms with van der Waals surface area (Å²) in [6.45, 7) is 9.85. The van der Waals surface area contributed by atoms with Crippen LogP contribution in [0.5, 0.6) is 11.6 Å². The smallest absolute Gasteiger partial charge is 0.309 e. The highest BCUT2D eigenvalue weighted by Gasteiger charge is 2.40. The average Bonchev–Trinajstić information content (AvgIpc) is 3.13. The van der Waals surface area contributed by atoms with Gasteiger partial charge in [-0.3, -0.25) is 4.79 Å². The quantitative estimate of drug-likeness (QED) is 0.214. The van der Waals surface area contributed by atoms with E-state index in [1.165, 1.54) is 0 Å². The van der Waals surface area contributed by atoms with Crippen LogP contribution in [0.1, 0.15) is 52.5 Å². The van der Waals surface area contributed by atoms with E-state index in [4.69, 9.17) is 18.9 Å². The summed E-state index contributed by atoms with van der Waals surface area (Å²) in [6.07, 6.45) is 5.21. The lowest BCUT2D eigenvalue weighted by atomic mass is 9.84. The Morgan fingerprint density at radius 1 is 1.23 bits per heavy atom. The third kappa shape index (κ3) is 7.63. The number of rotatable bonds is 13. The molecule has 0 unspecified atom stereocenters. The molecule has 31 heavy (non-hydrogen) atoms. The zero-order valence-electron chi connectivity index (χ0n) is 19.7. The predicted octanol–water partition coefficient (Wildman–Crippen LogP) is 5.06. The number of hydrogen-bond donors (Lipinski definition) is 0. The van der Waals surface area contributed by atoms with E-state index in [1.807, 2.05) is 12.3 Å². The summed E-state index contributed by atoms with van der Waals surface area (Å²) in [5, 5.41) is 0. The monoisotopic (exact) mass is 499 g/mol. The van der Waals surface area contributed by atoms with E-state index in [1.54, 1.807) is 14.2 Å². The van der Waals surface area contributed by atoms with E-state index < -0.39 is 0 Å². The number of pyridine rings is 1. The Morgan fingerprint density at radius 3 is 2.55 bits per heavy atom. The van der Waals surface area contributed by atoms with Gasteiger partial charge in [-0.2, -0.15) is 0 Å². The van der Waals surface area contributed by atoms with Crippen molar-refractivity contribution in [3.8, 4) is 11.6 Å². The van der Waals surface area contributed by atoms with Crippen molar-refractivity contribution in [2.45, 2.75) is 64.3 Å². The highest BCUT2D eigenvalue weighted by molar-refractivity contribution is 9.09. The molecule has 0 aromatic carbocycles. The molecule has 0 N–H and O–H groups in total. The van der Waals surface area contributed by atoms with Crippen molar-refractivity contribution in [2.24, 2.45) is 23.7 Å². The van der Waals surface area contributed by atoms with Gasteiger partial charge in [-0.15, -0.1) is 0 Å². The third-order valence-electron chi connectivity index (χ3n) is 6.05. The molecule has 1 aromatic heterocycles. The fourth-order valence-electron chi connectivity index (χ4n) is 3.96. The second-order valence-electron chi connectivity index (χ2n) is 9.07. The molecule has 0 spiro atoms. The summed E-state index contributed by atoms with van der Waals surface area (Å²) in [5.41, 5.74) is 1.12. The Balaban J connectivity index is 2.03. The number of methoxy groups -OCH3 is 2. The summed E-state index contributed by atoms with van der Waals surface area (Å²) < 4.78 is 22.0. The number of ether oxygens (including phenoxy) is 4. The van der Waals surface area contributed by atoms with Gasteiger partial charge in [0.15, 0.2) is 5.75 Å². The second kappa shape index (κ2) is 12.6. The Kier molecular flexibility index (Phi) is 10.6. The molecule has 4 atom stereocenters. The van der Waals surface area contributed by atoms with Crippen LogP contribution in [0.4, 0.5) is 0 Å². The molecule has 0 aliphatic carbocycles. The number of aromatic nitrogens is 1. The van der Waals surface area contributed by atoms with E-state index >= 15 is 0 Å². The summed E-state index contributed by atoms with van der Waals surface area (Å²) in [7, 11) is 3.28. The minimum Gasteiger partial charge on any atom is -0.488 e. The number of nitrogens with zero attached hydrogens (tertiary/aromatic N) is 1. The largest absolute Gasteiger partial charge is 0.488 e. The lowest BCUT2D eigenvalue weighted by molar-refractivity contribution is -0.145. The van der Waals surface area contributed by atoms with Crippen LogP contribution in [0.25, 0.3) is 0 Å². The zero-order valence-corrected chi connectivity index (χ0v) is 21.3.